The summed E-state index contributed by atoms with van der Waals surface area (Å²) in [6, 6.07) is -0.968. The molecule has 3 amide bonds. The highest BCUT2D eigenvalue weighted by Gasteiger charge is 2.36. The molecule has 118 valence electrons. The number of carboxylic acid groups (broad SMARTS) is 1. The minimum absolute atomic E-state index is 0.124. The lowest BCUT2D eigenvalue weighted by Crippen LogP contribution is -2.56. The van der Waals surface area contributed by atoms with Crippen LogP contribution in [0.5, 0.6) is 0 Å². The van der Waals surface area contributed by atoms with Crippen molar-refractivity contribution in [1.29, 1.82) is 0 Å². The van der Waals surface area contributed by atoms with Gasteiger partial charge < -0.3 is 25.7 Å². The number of likely N-dealkylation sites (tertiary alicyclic amines) is 1. The standard InChI is InChI=1S/C13H21N3O5/c17-10(12(19)16-5-2-6-16)9(15-13(20)21)7-8-3-1-4-14-11(8)18/h8-10,15,17H,1-7H2,(H,14,18)(H,20,21)/t8-,9-,10?/m0/s1. The van der Waals surface area contributed by atoms with Gasteiger partial charge in [0, 0.05) is 25.6 Å². The van der Waals surface area contributed by atoms with Crippen LogP contribution in [0.1, 0.15) is 25.7 Å². The number of hydrogen-bond donors (Lipinski definition) is 4. The van der Waals surface area contributed by atoms with Crippen LogP contribution in [0.4, 0.5) is 4.79 Å². The van der Waals surface area contributed by atoms with E-state index in [0.717, 1.165) is 12.8 Å². The van der Waals surface area contributed by atoms with Crippen molar-refractivity contribution in [1.82, 2.24) is 15.5 Å². The van der Waals surface area contributed by atoms with Crippen LogP contribution in [0.3, 0.4) is 0 Å². The van der Waals surface area contributed by atoms with Crippen LogP contribution in [0.2, 0.25) is 0 Å². The van der Waals surface area contributed by atoms with Crippen LogP contribution in [0.25, 0.3) is 0 Å². The van der Waals surface area contributed by atoms with Crippen molar-refractivity contribution in [3.8, 4) is 0 Å². The van der Waals surface area contributed by atoms with E-state index in [1.54, 1.807) is 0 Å². The van der Waals surface area contributed by atoms with Gasteiger partial charge in [-0.15, -0.1) is 0 Å². The van der Waals surface area contributed by atoms with E-state index in [1.807, 2.05) is 0 Å². The number of piperidine rings is 1. The molecular formula is C13H21N3O5. The highest BCUT2D eigenvalue weighted by molar-refractivity contribution is 5.83. The zero-order valence-electron chi connectivity index (χ0n) is 11.7. The third kappa shape index (κ3) is 3.84. The molecule has 3 atom stereocenters. The predicted molar refractivity (Wildman–Crippen MR) is 72.5 cm³/mol. The van der Waals surface area contributed by atoms with Crippen molar-refractivity contribution in [2.75, 3.05) is 19.6 Å². The van der Waals surface area contributed by atoms with Gasteiger partial charge in [0.2, 0.25) is 5.91 Å². The van der Waals surface area contributed by atoms with Gasteiger partial charge >= 0.3 is 6.09 Å². The normalized spacial score (nSPS) is 24.5. The van der Waals surface area contributed by atoms with Crippen LogP contribution in [0.15, 0.2) is 0 Å². The fourth-order valence-corrected chi connectivity index (χ4v) is 2.69. The number of carbonyl (C=O) groups excluding carboxylic acids is 2. The lowest BCUT2D eigenvalue weighted by atomic mass is 9.89. The van der Waals surface area contributed by atoms with Gasteiger partial charge in [0.1, 0.15) is 0 Å². The van der Waals surface area contributed by atoms with Crippen LogP contribution >= 0.6 is 0 Å². The monoisotopic (exact) mass is 299 g/mol. The van der Waals surface area contributed by atoms with Crippen molar-refractivity contribution in [2.24, 2.45) is 5.92 Å². The molecule has 0 aliphatic carbocycles. The van der Waals surface area contributed by atoms with E-state index in [1.165, 1.54) is 4.90 Å². The van der Waals surface area contributed by atoms with Gasteiger partial charge in [-0.3, -0.25) is 9.59 Å². The van der Waals surface area contributed by atoms with E-state index in [2.05, 4.69) is 10.6 Å². The van der Waals surface area contributed by atoms with Crippen LogP contribution in [-0.2, 0) is 9.59 Å². The van der Waals surface area contributed by atoms with Gasteiger partial charge in [0.25, 0.3) is 5.91 Å². The zero-order valence-corrected chi connectivity index (χ0v) is 11.7. The Balaban J connectivity index is 2.00. The molecule has 2 aliphatic rings. The third-order valence-corrected chi connectivity index (χ3v) is 4.05. The second-order valence-corrected chi connectivity index (χ2v) is 5.55. The van der Waals surface area contributed by atoms with Crippen molar-refractivity contribution in [3.63, 3.8) is 0 Å². The Hall–Kier alpha value is -1.83. The summed E-state index contributed by atoms with van der Waals surface area (Å²) in [5, 5.41) is 23.9. The summed E-state index contributed by atoms with van der Waals surface area (Å²) >= 11 is 0. The zero-order chi connectivity index (χ0) is 15.4. The van der Waals surface area contributed by atoms with Gasteiger partial charge in [0.15, 0.2) is 6.10 Å². The van der Waals surface area contributed by atoms with E-state index in [9.17, 15) is 19.5 Å². The summed E-state index contributed by atoms with van der Waals surface area (Å²) in [4.78, 5) is 36.1. The first-order valence-electron chi connectivity index (χ1n) is 7.23. The predicted octanol–water partition coefficient (Wildman–Crippen LogP) is -0.868. The summed E-state index contributed by atoms with van der Waals surface area (Å²) in [5.41, 5.74) is 0. The van der Waals surface area contributed by atoms with Crippen molar-refractivity contribution >= 4 is 17.9 Å². The molecule has 8 nitrogen and oxygen atoms in total. The molecule has 0 aromatic carbocycles. The first-order chi connectivity index (χ1) is 9.99. The van der Waals surface area contributed by atoms with Gasteiger partial charge in [-0.25, -0.2) is 4.79 Å². The second kappa shape index (κ2) is 6.75. The van der Waals surface area contributed by atoms with E-state index in [-0.39, 0.29) is 18.2 Å². The SMILES string of the molecule is O=C(O)N[C@@H](C[C@@H]1CCCNC1=O)C(O)C(=O)N1CCC1. The van der Waals surface area contributed by atoms with Gasteiger partial charge in [-0.05, 0) is 25.7 Å². The van der Waals surface area contributed by atoms with Crippen LogP contribution in [-0.4, -0.2) is 64.8 Å². The molecule has 0 radical (unpaired) electrons. The molecule has 0 aromatic rings. The Labute approximate surface area is 122 Å². The van der Waals surface area contributed by atoms with Crippen molar-refractivity contribution in [3.05, 3.63) is 0 Å². The average molecular weight is 299 g/mol. The molecule has 21 heavy (non-hydrogen) atoms. The summed E-state index contributed by atoms with van der Waals surface area (Å²) in [6.07, 6.45) is -0.303. The summed E-state index contributed by atoms with van der Waals surface area (Å²) in [5.74, 6) is -1.01. The number of carbonyl (C=O) groups is 3. The molecule has 1 unspecified atom stereocenters. The molecule has 0 bridgehead atoms. The van der Waals surface area contributed by atoms with E-state index >= 15 is 0 Å². The number of nitrogens with one attached hydrogen (secondary N) is 2. The first kappa shape index (κ1) is 15.6. The fraction of sp³-hybridized carbons (Fsp3) is 0.769. The maximum Gasteiger partial charge on any atom is 0.404 e. The first-order valence-corrected chi connectivity index (χ1v) is 7.23. The molecule has 4 N–H and O–H groups in total. The number of aliphatic hydroxyl groups is 1. The molecule has 2 heterocycles. The Kier molecular flexibility index (Phi) is 5.00. The maximum atomic E-state index is 12.0. The Morgan fingerprint density at radius 3 is 2.62 bits per heavy atom. The molecule has 8 heteroatoms. The smallest absolute Gasteiger partial charge is 0.404 e. The van der Waals surface area contributed by atoms with Gasteiger partial charge in [-0.1, -0.05) is 0 Å². The third-order valence-electron chi connectivity index (χ3n) is 4.05. The summed E-state index contributed by atoms with van der Waals surface area (Å²) in [6.45, 7) is 1.78. The Bertz CT molecular complexity index is 424. The van der Waals surface area contributed by atoms with Gasteiger partial charge in [0.05, 0.1) is 6.04 Å². The quantitative estimate of drug-likeness (QED) is 0.526. The number of rotatable bonds is 5. The minimum atomic E-state index is -1.45. The highest BCUT2D eigenvalue weighted by Crippen LogP contribution is 2.20. The average Bonchev–Trinajstić information content (AvgIpc) is 2.37. The number of aliphatic hydroxyl groups excluding tert-OH is 1. The number of hydrogen-bond acceptors (Lipinski definition) is 4. The second-order valence-electron chi connectivity index (χ2n) is 5.55. The number of nitrogens with zero attached hydrogens (tertiary/aromatic N) is 1. The molecule has 0 spiro atoms. The summed E-state index contributed by atoms with van der Waals surface area (Å²) in [7, 11) is 0. The highest BCUT2D eigenvalue weighted by atomic mass is 16.4. The van der Waals surface area contributed by atoms with E-state index in [0.29, 0.717) is 26.1 Å². The van der Waals surface area contributed by atoms with Crippen molar-refractivity contribution < 1.29 is 24.6 Å². The molecule has 2 rings (SSSR count). The Morgan fingerprint density at radius 2 is 2.10 bits per heavy atom. The topological polar surface area (TPSA) is 119 Å². The van der Waals surface area contributed by atoms with Crippen LogP contribution in [0, 0.1) is 5.92 Å². The van der Waals surface area contributed by atoms with E-state index < -0.39 is 24.1 Å². The molecule has 2 aliphatic heterocycles. The van der Waals surface area contributed by atoms with Crippen LogP contribution < -0.4 is 10.6 Å². The molecule has 2 fully saturated rings. The van der Waals surface area contributed by atoms with Crippen molar-refractivity contribution in [2.45, 2.75) is 37.8 Å². The summed E-state index contributed by atoms with van der Waals surface area (Å²) < 4.78 is 0. The maximum absolute atomic E-state index is 12.0. The molecule has 2 saturated heterocycles. The molecule has 0 aromatic heterocycles. The molecule has 0 saturated carbocycles. The lowest BCUT2D eigenvalue weighted by Gasteiger charge is -2.35. The lowest BCUT2D eigenvalue weighted by molar-refractivity contribution is -0.146. The van der Waals surface area contributed by atoms with Gasteiger partial charge in [-0.2, -0.15) is 0 Å². The molecular weight excluding hydrogens is 278 g/mol. The van der Waals surface area contributed by atoms with E-state index in [4.69, 9.17) is 5.11 Å². The largest absolute Gasteiger partial charge is 0.465 e. The minimum Gasteiger partial charge on any atom is -0.465 e. The fourth-order valence-electron chi connectivity index (χ4n) is 2.69. The Morgan fingerprint density at radius 1 is 1.38 bits per heavy atom. The number of amides is 3.